The number of rotatable bonds is 7. The number of para-hydroxylation sites is 1. The molecule has 2 atom stereocenters. The summed E-state index contributed by atoms with van der Waals surface area (Å²) in [5.41, 5.74) is -0.625. The third-order valence-electron chi connectivity index (χ3n) is 6.33. The van der Waals surface area contributed by atoms with Crippen LogP contribution in [0.15, 0.2) is 33.9 Å². The summed E-state index contributed by atoms with van der Waals surface area (Å²) in [5, 5.41) is 12.4. The number of aliphatic carboxylic acids is 1. The zero-order valence-corrected chi connectivity index (χ0v) is 17.4. The molecule has 3 N–H and O–H groups in total. The molecule has 3 rings (SSSR count). The summed E-state index contributed by atoms with van der Waals surface area (Å²) in [6.45, 7) is 4.18. The number of H-pyrrole nitrogens is 1. The molecule has 2 aromatic rings. The molecule has 1 heterocycles. The first-order valence-corrected chi connectivity index (χ1v) is 10.6. The van der Waals surface area contributed by atoms with Crippen LogP contribution >= 0.6 is 0 Å². The molecule has 1 aliphatic carbocycles. The monoisotopic (exact) mass is 415 g/mol. The highest BCUT2D eigenvalue weighted by molar-refractivity contribution is 5.82. The Bertz CT molecular complexity index is 1030. The molecule has 8 nitrogen and oxygen atoms in total. The van der Waals surface area contributed by atoms with Crippen molar-refractivity contribution in [1.82, 2.24) is 14.9 Å². The molecule has 2 unspecified atom stereocenters. The summed E-state index contributed by atoms with van der Waals surface area (Å²) in [4.78, 5) is 52.6. The predicted molar refractivity (Wildman–Crippen MR) is 113 cm³/mol. The second-order valence-corrected chi connectivity index (χ2v) is 8.28. The lowest BCUT2D eigenvalue weighted by molar-refractivity contribution is -0.143. The molecule has 162 valence electrons. The van der Waals surface area contributed by atoms with E-state index in [2.05, 4.69) is 10.3 Å². The minimum atomic E-state index is -0.911. The molecular formula is C22H29N3O5. The van der Waals surface area contributed by atoms with Gasteiger partial charge >= 0.3 is 11.7 Å². The van der Waals surface area contributed by atoms with Crippen molar-refractivity contribution in [2.45, 2.75) is 52.0 Å². The Morgan fingerprint density at radius 2 is 1.87 bits per heavy atom. The van der Waals surface area contributed by atoms with Crippen molar-refractivity contribution in [2.75, 3.05) is 6.54 Å². The molecule has 0 saturated heterocycles. The van der Waals surface area contributed by atoms with Crippen molar-refractivity contribution in [3.63, 3.8) is 0 Å². The molecule has 0 aliphatic heterocycles. The highest BCUT2D eigenvalue weighted by Crippen LogP contribution is 2.28. The lowest BCUT2D eigenvalue weighted by atomic mass is 9.82. The van der Waals surface area contributed by atoms with Gasteiger partial charge in [0.1, 0.15) is 6.04 Å². The van der Waals surface area contributed by atoms with Gasteiger partial charge in [-0.15, -0.1) is 0 Å². The van der Waals surface area contributed by atoms with E-state index in [4.69, 9.17) is 5.11 Å². The fourth-order valence-corrected chi connectivity index (χ4v) is 4.25. The number of carboxylic acid groups (broad SMARTS) is 1. The van der Waals surface area contributed by atoms with E-state index in [1.54, 1.807) is 24.3 Å². The normalized spacial score (nSPS) is 21.1. The Morgan fingerprint density at radius 3 is 2.50 bits per heavy atom. The van der Waals surface area contributed by atoms with Gasteiger partial charge in [-0.25, -0.2) is 9.36 Å². The number of nitrogens with zero attached hydrogens (tertiary/aromatic N) is 1. The van der Waals surface area contributed by atoms with E-state index < -0.39 is 23.3 Å². The van der Waals surface area contributed by atoms with Crippen LogP contribution in [0.1, 0.15) is 52.0 Å². The fraction of sp³-hybridized carbons (Fsp3) is 0.545. The van der Waals surface area contributed by atoms with Crippen molar-refractivity contribution in [1.29, 1.82) is 0 Å². The maximum absolute atomic E-state index is 13.1. The Balaban J connectivity index is 1.81. The summed E-state index contributed by atoms with van der Waals surface area (Å²) in [6, 6.07) is 5.84. The smallest absolute Gasteiger partial charge is 0.329 e. The third-order valence-corrected chi connectivity index (χ3v) is 6.33. The van der Waals surface area contributed by atoms with E-state index in [1.165, 1.54) is 0 Å². The lowest BCUT2D eigenvalue weighted by Gasteiger charge is -2.28. The standard InChI is InChI=1S/C22H29N3O5/c1-3-13(2)18(19(26)23-12-14-8-10-15(11-9-14)21(28)29)25-20(27)16-6-4-5-7-17(16)24-22(25)30/h4-7,13-15,18H,3,8-12H2,1-2H3,(H,23,26)(H,24,30)(H,28,29). The van der Waals surface area contributed by atoms with Crippen LogP contribution in [0.3, 0.4) is 0 Å². The van der Waals surface area contributed by atoms with Crippen LogP contribution in [-0.2, 0) is 9.59 Å². The van der Waals surface area contributed by atoms with Gasteiger partial charge in [-0.3, -0.25) is 14.4 Å². The second kappa shape index (κ2) is 9.28. The van der Waals surface area contributed by atoms with Crippen molar-refractivity contribution in [3.05, 3.63) is 45.1 Å². The van der Waals surface area contributed by atoms with Crippen LogP contribution in [0.2, 0.25) is 0 Å². The summed E-state index contributed by atoms with van der Waals surface area (Å²) in [6.07, 6.45) is 3.31. The molecule has 0 radical (unpaired) electrons. The molecule has 1 aromatic heterocycles. The predicted octanol–water partition coefficient (Wildman–Crippen LogP) is 2.28. The third kappa shape index (κ3) is 4.47. The zero-order chi connectivity index (χ0) is 21.8. The van der Waals surface area contributed by atoms with E-state index in [9.17, 15) is 19.2 Å². The van der Waals surface area contributed by atoms with E-state index in [0.717, 1.165) is 17.4 Å². The van der Waals surface area contributed by atoms with E-state index in [0.29, 0.717) is 36.7 Å². The summed E-state index contributed by atoms with van der Waals surface area (Å²) >= 11 is 0. The molecule has 1 aliphatic rings. The number of aromatic nitrogens is 2. The summed E-state index contributed by atoms with van der Waals surface area (Å²) < 4.78 is 1.03. The molecule has 1 aromatic carbocycles. The number of benzene rings is 1. The topological polar surface area (TPSA) is 121 Å². The van der Waals surface area contributed by atoms with Crippen molar-refractivity contribution in [3.8, 4) is 0 Å². The number of carbonyl (C=O) groups excluding carboxylic acids is 1. The molecular weight excluding hydrogens is 386 g/mol. The van der Waals surface area contributed by atoms with Crippen LogP contribution in [-0.4, -0.2) is 33.1 Å². The number of fused-ring (bicyclic) bond motifs is 1. The molecule has 1 amide bonds. The van der Waals surface area contributed by atoms with Crippen molar-refractivity contribution in [2.24, 2.45) is 17.8 Å². The van der Waals surface area contributed by atoms with Crippen LogP contribution in [0, 0.1) is 17.8 Å². The maximum atomic E-state index is 13.1. The average Bonchev–Trinajstić information content (AvgIpc) is 2.74. The average molecular weight is 415 g/mol. The Morgan fingerprint density at radius 1 is 1.20 bits per heavy atom. The minimum absolute atomic E-state index is 0.203. The van der Waals surface area contributed by atoms with Gasteiger partial charge < -0.3 is 15.4 Å². The summed E-state index contributed by atoms with van der Waals surface area (Å²) in [7, 11) is 0. The highest BCUT2D eigenvalue weighted by atomic mass is 16.4. The number of aromatic amines is 1. The van der Waals surface area contributed by atoms with Crippen LogP contribution < -0.4 is 16.6 Å². The van der Waals surface area contributed by atoms with Gasteiger partial charge in [-0.05, 0) is 49.7 Å². The molecule has 0 spiro atoms. The van der Waals surface area contributed by atoms with Crippen molar-refractivity contribution < 1.29 is 14.7 Å². The number of carboxylic acids is 1. The number of nitrogens with one attached hydrogen (secondary N) is 2. The summed E-state index contributed by atoms with van der Waals surface area (Å²) in [5.74, 6) is -1.43. The fourth-order valence-electron chi connectivity index (χ4n) is 4.25. The molecule has 8 heteroatoms. The van der Waals surface area contributed by atoms with Crippen molar-refractivity contribution >= 4 is 22.8 Å². The molecule has 1 fully saturated rings. The second-order valence-electron chi connectivity index (χ2n) is 8.28. The molecule has 0 bridgehead atoms. The van der Waals surface area contributed by atoms with Gasteiger partial charge in [-0.2, -0.15) is 0 Å². The van der Waals surface area contributed by atoms with Gasteiger partial charge in [0.2, 0.25) is 5.91 Å². The van der Waals surface area contributed by atoms with Gasteiger partial charge in [0.15, 0.2) is 0 Å². The van der Waals surface area contributed by atoms with Crippen LogP contribution in [0.25, 0.3) is 10.9 Å². The minimum Gasteiger partial charge on any atom is -0.481 e. The number of hydrogen-bond donors (Lipinski definition) is 3. The number of carbonyl (C=O) groups is 2. The van der Waals surface area contributed by atoms with Crippen LogP contribution in [0.4, 0.5) is 0 Å². The van der Waals surface area contributed by atoms with E-state index in [1.807, 2.05) is 13.8 Å². The SMILES string of the molecule is CCC(C)C(C(=O)NCC1CCC(C(=O)O)CC1)n1c(=O)[nH]c2ccccc2c1=O. The first-order valence-electron chi connectivity index (χ1n) is 10.6. The Labute approximate surface area is 174 Å². The largest absolute Gasteiger partial charge is 0.481 e. The van der Waals surface area contributed by atoms with Gasteiger partial charge in [0.25, 0.3) is 5.56 Å². The number of amides is 1. The molecule has 30 heavy (non-hydrogen) atoms. The quantitative estimate of drug-likeness (QED) is 0.641. The Kier molecular flexibility index (Phi) is 6.74. The first kappa shape index (κ1) is 21.8. The van der Waals surface area contributed by atoms with E-state index in [-0.39, 0.29) is 23.7 Å². The van der Waals surface area contributed by atoms with Gasteiger partial charge in [0.05, 0.1) is 16.8 Å². The Hall–Kier alpha value is -2.90. The number of hydrogen-bond acceptors (Lipinski definition) is 4. The first-order chi connectivity index (χ1) is 14.3. The molecule has 1 saturated carbocycles. The van der Waals surface area contributed by atoms with E-state index >= 15 is 0 Å². The zero-order valence-electron chi connectivity index (χ0n) is 17.4. The maximum Gasteiger partial charge on any atom is 0.329 e. The van der Waals surface area contributed by atoms with Gasteiger partial charge in [0, 0.05) is 6.54 Å². The van der Waals surface area contributed by atoms with Gasteiger partial charge in [-0.1, -0.05) is 32.4 Å². The lowest BCUT2D eigenvalue weighted by Crippen LogP contribution is -2.47. The van der Waals surface area contributed by atoms with Crippen LogP contribution in [0.5, 0.6) is 0 Å². The highest BCUT2D eigenvalue weighted by Gasteiger charge is 2.31.